The van der Waals surface area contributed by atoms with E-state index in [1.54, 1.807) is 0 Å². The Hall–Kier alpha value is -2.86. The minimum absolute atomic E-state index is 0.118. The maximum atomic E-state index is 10.4. The molecule has 0 radical (unpaired) electrons. The van der Waals surface area contributed by atoms with Gasteiger partial charge in [-0.25, -0.2) is 0 Å². The lowest BCUT2D eigenvalue weighted by Gasteiger charge is -2.16. The summed E-state index contributed by atoms with van der Waals surface area (Å²) in [4.78, 5) is 10.4. The number of nitrogens with zero attached hydrogens (tertiary/aromatic N) is 1. The van der Waals surface area contributed by atoms with Crippen LogP contribution in [0.5, 0.6) is 5.75 Å². The molecule has 0 aliphatic carbocycles. The molecule has 27 heavy (non-hydrogen) atoms. The number of ether oxygens (including phenoxy) is 2. The van der Waals surface area contributed by atoms with Gasteiger partial charge in [0.25, 0.3) is 6.47 Å². The van der Waals surface area contributed by atoms with E-state index >= 15 is 0 Å². The summed E-state index contributed by atoms with van der Waals surface area (Å²) in [7, 11) is 1.94. The van der Waals surface area contributed by atoms with Gasteiger partial charge in [-0.1, -0.05) is 18.2 Å². The monoisotopic (exact) mass is 367 g/mol. The molecule has 1 atom stereocenters. The Labute approximate surface area is 158 Å². The first-order chi connectivity index (χ1) is 13.1. The highest BCUT2D eigenvalue weighted by Crippen LogP contribution is 2.32. The average molecular weight is 367 g/mol. The van der Waals surface area contributed by atoms with Crippen LogP contribution in [0.25, 0.3) is 22.2 Å². The first kappa shape index (κ1) is 18.9. The number of hydrogen-bond donors (Lipinski definition) is 2. The molecule has 0 aliphatic heterocycles. The fraction of sp³-hybridized carbons (Fsp3) is 0.333. The maximum absolute atomic E-state index is 10.4. The molecule has 1 aromatic heterocycles. The number of carbonyl (C=O) groups is 1. The van der Waals surface area contributed by atoms with Crippen LogP contribution < -0.4 is 10.1 Å². The molecule has 3 aromatic rings. The number of aromatic amines is 1. The molecular weight excluding hydrogens is 342 g/mol. The second-order valence-electron chi connectivity index (χ2n) is 6.66. The van der Waals surface area contributed by atoms with Crippen LogP contribution in [0.1, 0.15) is 24.5 Å². The van der Waals surface area contributed by atoms with E-state index in [2.05, 4.69) is 28.5 Å². The summed E-state index contributed by atoms with van der Waals surface area (Å²) in [6, 6.07) is 11.9. The average Bonchev–Trinajstić information content (AvgIpc) is 3.07. The van der Waals surface area contributed by atoms with Crippen molar-refractivity contribution in [2.24, 2.45) is 0 Å². The van der Waals surface area contributed by atoms with Crippen LogP contribution in [0.15, 0.2) is 36.4 Å². The van der Waals surface area contributed by atoms with E-state index in [-0.39, 0.29) is 12.7 Å². The highest BCUT2D eigenvalue weighted by atomic mass is 16.5. The number of carbonyl (C=O) groups excluding carboxylic acids is 1. The Kier molecular flexibility index (Phi) is 6.08. The first-order valence-electron chi connectivity index (χ1n) is 9.07. The summed E-state index contributed by atoms with van der Waals surface area (Å²) in [5, 5.41) is 11.8. The number of aryl methyl sites for hydroxylation is 1. The second-order valence-corrected chi connectivity index (χ2v) is 6.66. The molecule has 0 saturated carbocycles. The minimum Gasteiger partial charge on any atom is -0.490 e. The Bertz CT molecular complexity index is 920. The molecule has 0 amide bonds. The normalized spacial score (nSPS) is 12.1. The van der Waals surface area contributed by atoms with Gasteiger partial charge in [-0.15, -0.1) is 0 Å². The summed E-state index contributed by atoms with van der Waals surface area (Å²) < 4.78 is 11.0. The van der Waals surface area contributed by atoms with Crippen LogP contribution in [0.3, 0.4) is 0 Å². The van der Waals surface area contributed by atoms with E-state index in [9.17, 15) is 4.79 Å². The van der Waals surface area contributed by atoms with Gasteiger partial charge in [-0.2, -0.15) is 5.10 Å². The largest absolute Gasteiger partial charge is 0.490 e. The quantitative estimate of drug-likeness (QED) is 0.565. The van der Waals surface area contributed by atoms with Crippen molar-refractivity contribution in [3.63, 3.8) is 0 Å². The van der Waals surface area contributed by atoms with Gasteiger partial charge in [0.15, 0.2) is 0 Å². The van der Waals surface area contributed by atoms with E-state index < -0.39 is 0 Å². The fourth-order valence-electron chi connectivity index (χ4n) is 3.06. The third-order valence-electron chi connectivity index (χ3n) is 4.51. The van der Waals surface area contributed by atoms with Crippen molar-refractivity contribution < 1.29 is 14.3 Å². The van der Waals surface area contributed by atoms with Gasteiger partial charge in [0, 0.05) is 10.9 Å². The lowest BCUT2D eigenvalue weighted by Crippen LogP contribution is -2.19. The molecule has 142 valence electrons. The van der Waals surface area contributed by atoms with Gasteiger partial charge in [0.05, 0.1) is 11.6 Å². The Morgan fingerprint density at radius 2 is 2.15 bits per heavy atom. The Balaban J connectivity index is 1.93. The highest BCUT2D eigenvalue weighted by molar-refractivity contribution is 5.94. The molecule has 2 aromatic carbocycles. The van der Waals surface area contributed by atoms with Crippen LogP contribution in [0.4, 0.5) is 0 Å². The van der Waals surface area contributed by atoms with Crippen molar-refractivity contribution in [1.82, 2.24) is 15.5 Å². The zero-order chi connectivity index (χ0) is 19.2. The van der Waals surface area contributed by atoms with E-state index in [1.807, 2.05) is 44.3 Å². The summed E-state index contributed by atoms with van der Waals surface area (Å²) in [5.74, 6) is 0.870. The van der Waals surface area contributed by atoms with Crippen molar-refractivity contribution in [1.29, 1.82) is 0 Å². The zero-order valence-corrected chi connectivity index (χ0v) is 15.9. The van der Waals surface area contributed by atoms with Gasteiger partial charge < -0.3 is 14.8 Å². The lowest BCUT2D eigenvalue weighted by atomic mass is 10.0. The van der Waals surface area contributed by atoms with E-state index in [4.69, 9.17) is 9.47 Å². The van der Waals surface area contributed by atoms with E-state index in [1.165, 1.54) is 0 Å². The van der Waals surface area contributed by atoms with Gasteiger partial charge >= 0.3 is 0 Å². The van der Waals surface area contributed by atoms with Crippen molar-refractivity contribution in [3.8, 4) is 17.0 Å². The number of fused-ring (bicyclic) bond motifs is 1. The summed E-state index contributed by atoms with van der Waals surface area (Å²) in [5.41, 5.74) is 4.77. The van der Waals surface area contributed by atoms with Gasteiger partial charge in [-0.05, 0) is 63.2 Å². The highest BCUT2D eigenvalue weighted by Gasteiger charge is 2.13. The third kappa shape index (κ3) is 4.46. The van der Waals surface area contributed by atoms with Crippen LogP contribution in [-0.2, 0) is 16.1 Å². The van der Waals surface area contributed by atoms with E-state index in [0.29, 0.717) is 6.47 Å². The predicted molar refractivity (Wildman–Crippen MR) is 106 cm³/mol. The summed E-state index contributed by atoms with van der Waals surface area (Å²) in [6.45, 7) is 5.73. The van der Waals surface area contributed by atoms with E-state index in [0.717, 1.165) is 52.0 Å². The topological polar surface area (TPSA) is 76.2 Å². The fourth-order valence-corrected chi connectivity index (χ4v) is 3.06. The Morgan fingerprint density at radius 3 is 2.93 bits per heavy atom. The first-order valence-corrected chi connectivity index (χ1v) is 9.07. The SMILES string of the molecule is CNCCC(C)Oc1cc2c(-c3cccc(COC=O)c3)n[nH]c2cc1C. The molecule has 6 heteroatoms. The summed E-state index contributed by atoms with van der Waals surface area (Å²) in [6.07, 6.45) is 1.05. The number of benzene rings is 2. The number of nitrogens with one attached hydrogen (secondary N) is 2. The molecule has 6 nitrogen and oxygen atoms in total. The molecule has 0 aliphatic rings. The number of hydrogen-bond acceptors (Lipinski definition) is 5. The molecule has 0 bridgehead atoms. The third-order valence-corrected chi connectivity index (χ3v) is 4.51. The number of aromatic nitrogens is 2. The van der Waals surface area contributed by atoms with Gasteiger partial charge in [0.1, 0.15) is 18.1 Å². The number of H-pyrrole nitrogens is 1. The number of rotatable bonds is 9. The predicted octanol–water partition coefficient (Wildman–Crippen LogP) is 3.59. The van der Waals surface area contributed by atoms with Crippen molar-refractivity contribution in [2.75, 3.05) is 13.6 Å². The van der Waals surface area contributed by atoms with Gasteiger partial charge in [0.2, 0.25) is 0 Å². The van der Waals surface area contributed by atoms with Gasteiger partial charge in [-0.3, -0.25) is 9.89 Å². The maximum Gasteiger partial charge on any atom is 0.293 e. The molecule has 1 unspecified atom stereocenters. The van der Waals surface area contributed by atoms with Crippen LogP contribution >= 0.6 is 0 Å². The zero-order valence-electron chi connectivity index (χ0n) is 15.9. The molecule has 0 saturated heterocycles. The minimum atomic E-state index is 0.118. The van der Waals surface area contributed by atoms with Crippen molar-refractivity contribution in [3.05, 3.63) is 47.5 Å². The lowest BCUT2D eigenvalue weighted by molar-refractivity contribution is -0.129. The smallest absolute Gasteiger partial charge is 0.293 e. The molecule has 0 fully saturated rings. The standard InChI is InChI=1S/C21H25N3O3/c1-14-9-19-18(11-20(14)27-15(2)7-8-22-3)21(24-23-19)17-6-4-5-16(10-17)12-26-13-25/h4-6,9-11,13,15,22H,7-8,12H2,1-3H3,(H,23,24). The summed E-state index contributed by atoms with van der Waals surface area (Å²) >= 11 is 0. The Morgan fingerprint density at radius 1 is 1.30 bits per heavy atom. The molecule has 2 N–H and O–H groups in total. The van der Waals surface area contributed by atoms with Crippen LogP contribution in [-0.4, -0.2) is 36.4 Å². The molecule has 3 rings (SSSR count). The molecule has 1 heterocycles. The van der Waals surface area contributed by atoms with Crippen LogP contribution in [0.2, 0.25) is 0 Å². The molecule has 0 spiro atoms. The van der Waals surface area contributed by atoms with Crippen molar-refractivity contribution in [2.45, 2.75) is 33.0 Å². The van der Waals surface area contributed by atoms with Crippen LogP contribution in [0, 0.1) is 6.92 Å². The van der Waals surface area contributed by atoms with Crippen molar-refractivity contribution >= 4 is 17.4 Å². The second kappa shape index (κ2) is 8.68. The molecular formula is C21H25N3O3.